The average molecular weight is 197 g/mol. The number of hydrogen-bond donors (Lipinski definition) is 0. The van der Waals surface area contributed by atoms with E-state index in [0.29, 0.717) is 18.8 Å². The molecule has 5 heteroatoms. The Morgan fingerprint density at radius 2 is 2.43 bits per heavy atom. The van der Waals surface area contributed by atoms with Crippen LogP contribution in [0.5, 0.6) is 0 Å². The van der Waals surface area contributed by atoms with E-state index in [1.165, 1.54) is 0 Å². The Labute approximate surface area is 83.1 Å². The van der Waals surface area contributed by atoms with Gasteiger partial charge in [-0.2, -0.15) is 0 Å². The van der Waals surface area contributed by atoms with Crippen molar-refractivity contribution in [3.05, 3.63) is 10.4 Å². The van der Waals surface area contributed by atoms with Gasteiger partial charge in [0.2, 0.25) is 0 Å². The smallest absolute Gasteiger partial charge is 0.306 e. The summed E-state index contributed by atoms with van der Waals surface area (Å²) in [6.07, 6.45) is 1.68. The maximum Gasteiger partial charge on any atom is 0.306 e. The first-order valence-corrected chi connectivity index (χ1v) is 4.87. The van der Waals surface area contributed by atoms with Crippen LogP contribution in [-0.4, -0.2) is 18.1 Å². The van der Waals surface area contributed by atoms with Gasteiger partial charge in [-0.05, 0) is 24.3 Å². The van der Waals surface area contributed by atoms with Gasteiger partial charge in [0, 0.05) is 11.3 Å². The lowest BCUT2D eigenvalue weighted by molar-refractivity contribution is -0.142. The number of esters is 1. The fourth-order valence-electron chi connectivity index (χ4n) is 1.64. The van der Waals surface area contributed by atoms with E-state index in [4.69, 9.17) is 10.3 Å². The Balaban J connectivity index is 2.58. The highest BCUT2D eigenvalue weighted by Crippen LogP contribution is 2.23. The summed E-state index contributed by atoms with van der Waals surface area (Å²) in [5, 5.41) is 3.68. The summed E-state index contributed by atoms with van der Waals surface area (Å²) in [6.45, 7) is 4.10. The largest absolute Gasteiger partial charge is 0.462 e. The molecule has 0 saturated carbocycles. The number of nitrogens with zero attached hydrogens (tertiary/aromatic N) is 3. The maximum atomic E-state index is 10.9. The fourth-order valence-corrected chi connectivity index (χ4v) is 1.64. The van der Waals surface area contributed by atoms with Gasteiger partial charge in [-0.15, -0.1) is 0 Å². The maximum absolute atomic E-state index is 10.9. The molecule has 0 unspecified atom stereocenters. The first-order valence-electron chi connectivity index (χ1n) is 4.87. The molecule has 1 fully saturated rings. The molecule has 0 spiro atoms. The lowest BCUT2D eigenvalue weighted by atomic mass is 9.98. The Morgan fingerprint density at radius 1 is 1.71 bits per heavy atom. The Morgan fingerprint density at radius 3 is 2.86 bits per heavy atom. The minimum absolute atomic E-state index is 0.183. The van der Waals surface area contributed by atoms with Crippen molar-refractivity contribution in [2.24, 2.45) is 11.0 Å². The third-order valence-corrected chi connectivity index (χ3v) is 2.26. The van der Waals surface area contributed by atoms with Crippen molar-refractivity contribution in [3.8, 4) is 0 Å². The van der Waals surface area contributed by atoms with Gasteiger partial charge in [-0.25, -0.2) is 0 Å². The quantitative estimate of drug-likeness (QED) is 0.300. The molecule has 0 bridgehead atoms. The van der Waals surface area contributed by atoms with E-state index in [9.17, 15) is 4.79 Å². The summed E-state index contributed by atoms with van der Waals surface area (Å²) >= 11 is 0. The average Bonchev–Trinajstić information content (AvgIpc) is 2.50. The number of ether oxygens (including phenoxy) is 1. The highest BCUT2D eigenvalue weighted by Gasteiger charge is 2.30. The van der Waals surface area contributed by atoms with E-state index < -0.39 is 0 Å². The molecule has 78 valence electrons. The van der Waals surface area contributed by atoms with Crippen molar-refractivity contribution in [2.75, 3.05) is 0 Å². The standard InChI is InChI=1S/C9H15N3O2/c1-6(2)5-7(11-12-10)8-3-4-9(13)14-8/h6-8H,3-5H2,1-2H3/t7-,8-/m0/s1. The molecule has 1 aliphatic rings. The number of azide groups is 1. The van der Waals surface area contributed by atoms with Gasteiger partial charge in [0.15, 0.2) is 0 Å². The molecule has 0 aliphatic carbocycles. The zero-order valence-electron chi connectivity index (χ0n) is 8.51. The number of rotatable bonds is 4. The van der Waals surface area contributed by atoms with Gasteiger partial charge in [0.1, 0.15) is 6.10 Å². The molecule has 2 atom stereocenters. The topological polar surface area (TPSA) is 75.1 Å². The number of hydrogen-bond acceptors (Lipinski definition) is 3. The van der Waals surface area contributed by atoms with Crippen molar-refractivity contribution in [1.29, 1.82) is 0 Å². The minimum atomic E-state index is -0.208. The van der Waals surface area contributed by atoms with Gasteiger partial charge < -0.3 is 4.74 Å². The molecule has 0 aromatic carbocycles. The molecule has 0 radical (unpaired) electrons. The van der Waals surface area contributed by atoms with Crippen LogP contribution in [-0.2, 0) is 9.53 Å². The van der Waals surface area contributed by atoms with Crippen molar-refractivity contribution in [3.63, 3.8) is 0 Å². The molecule has 0 N–H and O–H groups in total. The molecule has 1 heterocycles. The fraction of sp³-hybridized carbons (Fsp3) is 0.889. The third-order valence-electron chi connectivity index (χ3n) is 2.26. The van der Waals surface area contributed by atoms with Crippen molar-refractivity contribution >= 4 is 5.97 Å². The summed E-state index contributed by atoms with van der Waals surface area (Å²) in [5.74, 6) is 0.252. The van der Waals surface area contributed by atoms with Gasteiger partial charge in [-0.1, -0.05) is 19.0 Å². The molecule has 1 aliphatic heterocycles. The van der Waals surface area contributed by atoms with Crippen LogP contribution in [0.3, 0.4) is 0 Å². The molecule has 14 heavy (non-hydrogen) atoms. The van der Waals surface area contributed by atoms with Crippen LogP contribution in [0.1, 0.15) is 33.1 Å². The van der Waals surface area contributed by atoms with Crippen LogP contribution < -0.4 is 0 Å². The molecular weight excluding hydrogens is 182 g/mol. The van der Waals surface area contributed by atoms with E-state index in [0.717, 1.165) is 6.42 Å². The summed E-state index contributed by atoms with van der Waals surface area (Å²) < 4.78 is 5.07. The van der Waals surface area contributed by atoms with E-state index in [1.807, 2.05) is 0 Å². The van der Waals surface area contributed by atoms with Crippen LogP contribution in [0.2, 0.25) is 0 Å². The Bertz CT molecular complexity index is 259. The second-order valence-electron chi connectivity index (χ2n) is 3.97. The van der Waals surface area contributed by atoms with Crippen molar-refractivity contribution in [2.45, 2.75) is 45.3 Å². The van der Waals surface area contributed by atoms with E-state index in [2.05, 4.69) is 23.9 Å². The lowest BCUT2D eigenvalue weighted by Gasteiger charge is -2.19. The molecule has 1 rings (SSSR count). The summed E-state index contributed by atoms with van der Waals surface area (Å²) in [4.78, 5) is 13.7. The Kier molecular flexibility index (Phi) is 3.77. The van der Waals surface area contributed by atoms with E-state index >= 15 is 0 Å². The molecule has 0 amide bonds. The highest BCUT2D eigenvalue weighted by molar-refractivity contribution is 5.71. The third kappa shape index (κ3) is 2.92. The second-order valence-corrected chi connectivity index (χ2v) is 3.97. The summed E-state index contributed by atoms with van der Waals surface area (Å²) in [7, 11) is 0. The Hall–Kier alpha value is -1.22. The van der Waals surface area contributed by atoms with Crippen LogP contribution in [0, 0.1) is 5.92 Å². The van der Waals surface area contributed by atoms with Crippen LogP contribution in [0.25, 0.3) is 10.4 Å². The van der Waals surface area contributed by atoms with Gasteiger partial charge in [0.05, 0.1) is 6.04 Å². The molecule has 0 aromatic rings. The molecule has 1 saturated heterocycles. The van der Waals surface area contributed by atoms with Gasteiger partial charge in [0.25, 0.3) is 0 Å². The van der Waals surface area contributed by atoms with E-state index in [1.54, 1.807) is 0 Å². The SMILES string of the molecule is CC(C)C[C@H](N=[N+]=[N-])[C@@H]1CCC(=O)O1. The monoisotopic (exact) mass is 197 g/mol. The van der Waals surface area contributed by atoms with Crippen molar-refractivity contribution < 1.29 is 9.53 Å². The second kappa shape index (κ2) is 4.86. The number of carbonyl (C=O) groups excluding carboxylic acids is 1. The van der Waals surface area contributed by atoms with Crippen LogP contribution in [0.4, 0.5) is 0 Å². The summed E-state index contributed by atoms with van der Waals surface area (Å²) in [6, 6.07) is -0.202. The van der Waals surface area contributed by atoms with Gasteiger partial charge >= 0.3 is 5.97 Å². The number of cyclic esters (lactones) is 1. The predicted molar refractivity (Wildman–Crippen MR) is 51.5 cm³/mol. The molecular formula is C9H15N3O2. The zero-order chi connectivity index (χ0) is 10.6. The highest BCUT2D eigenvalue weighted by atomic mass is 16.5. The summed E-state index contributed by atoms with van der Waals surface area (Å²) in [5.41, 5.74) is 8.39. The first kappa shape index (κ1) is 10.9. The van der Waals surface area contributed by atoms with E-state index in [-0.39, 0.29) is 18.1 Å². The lowest BCUT2D eigenvalue weighted by Crippen LogP contribution is -2.25. The zero-order valence-corrected chi connectivity index (χ0v) is 8.51. The number of carbonyl (C=O) groups is 1. The van der Waals surface area contributed by atoms with Crippen molar-refractivity contribution in [1.82, 2.24) is 0 Å². The van der Waals surface area contributed by atoms with Gasteiger partial charge in [-0.3, -0.25) is 4.79 Å². The predicted octanol–water partition coefficient (Wildman–Crippen LogP) is 2.42. The van der Waals surface area contributed by atoms with Crippen LogP contribution >= 0.6 is 0 Å². The molecule has 0 aromatic heterocycles. The minimum Gasteiger partial charge on any atom is -0.462 e. The molecule has 5 nitrogen and oxygen atoms in total. The normalized spacial score (nSPS) is 23.1. The first-order chi connectivity index (χ1) is 6.63. The van der Waals surface area contributed by atoms with Crippen LogP contribution in [0.15, 0.2) is 5.11 Å².